The van der Waals surface area contributed by atoms with Crippen LogP contribution in [0.3, 0.4) is 0 Å². The fourth-order valence-corrected chi connectivity index (χ4v) is 1.44. The Kier molecular flexibility index (Phi) is 3.84. The summed E-state index contributed by atoms with van der Waals surface area (Å²) in [5, 5.41) is 10.7. The molecule has 0 heterocycles. The van der Waals surface area contributed by atoms with Gasteiger partial charge in [-0.3, -0.25) is 14.9 Å². The van der Waals surface area contributed by atoms with Gasteiger partial charge >= 0.3 is 5.97 Å². The van der Waals surface area contributed by atoms with Crippen LogP contribution in [0.2, 0.25) is 5.02 Å². The number of methoxy groups -OCH3 is 1. The van der Waals surface area contributed by atoms with E-state index in [4.69, 9.17) is 11.6 Å². The van der Waals surface area contributed by atoms with Crippen LogP contribution in [0.1, 0.15) is 18.4 Å². The predicted molar refractivity (Wildman–Crippen MR) is 58.5 cm³/mol. The van der Waals surface area contributed by atoms with Crippen LogP contribution in [0.5, 0.6) is 0 Å². The highest BCUT2D eigenvalue weighted by molar-refractivity contribution is 6.32. The molecule has 0 bridgehead atoms. The van der Waals surface area contributed by atoms with E-state index >= 15 is 0 Å². The van der Waals surface area contributed by atoms with Gasteiger partial charge in [0.2, 0.25) is 0 Å². The Morgan fingerprint density at radius 3 is 2.69 bits per heavy atom. The van der Waals surface area contributed by atoms with E-state index in [1.54, 1.807) is 13.0 Å². The number of nitro benzene ring substituents is 1. The van der Waals surface area contributed by atoms with Crippen LogP contribution in [0, 0.1) is 10.1 Å². The minimum absolute atomic E-state index is 0.0471. The quantitative estimate of drug-likeness (QED) is 0.465. The number of carbonyl (C=O) groups is 1. The highest BCUT2D eigenvalue weighted by Crippen LogP contribution is 2.28. The van der Waals surface area contributed by atoms with Gasteiger partial charge in [-0.1, -0.05) is 17.7 Å². The van der Waals surface area contributed by atoms with Gasteiger partial charge in [0.25, 0.3) is 5.69 Å². The minimum atomic E-state index is -0.587. The predicted octanol–water partition coefficient (Wildman–Crippen LogP) is 2.52. The van der Waals surface area contributed by atoms with E-state index in [2.05, 4.69) is 4.74 Å². The molecule has 0 N–H and O–H groups in total. The van der Waals surface area contributed by atoms with E-state index in [1.807, 2.05) is 0 Å². The Hall–Kier alpha value is -1.62. The first-order valence-corrected chi connectivity index (χ1v) is 4.86. The zero-order valence-corrected chi connectivity index (χ0v) is 9.52. The van der Waals surface area contributed by atoms with Crippen molar-refractivity contribution in [2.24, 2.45) is 0 Å². The number of ether oxygens (including phenoxy) is 1. The molecule has 0 saturated heterocycles. The second-order valence-corrected chi connectivity index (χ2v) is 3.62. The highest BCUT2D eigenvalue weighted by Gasteiger charge is 2.20. The monoisotopic (exact) mass is 243 g/mol. The molecule has 1 rings (SSSR count). The first kappa shape index (κ1) is 12.4. The number of nitro groups is 1. The summed E-state index contributed by atoms with van der Waals surface area (Å²) in [5.41, 5.74) is 0.290. The van der Waals surface area contributed by atoms with Crippen molar-refractivity contribution in [3.8, 4) is 0 Å². The number of rotatable bonds is 3. The van der Waals surface area contributed by atoms with Crippen molar-refractivity contribution >= 4 is 23.3 Å². The lowest BCUT2D eigenvalue weighted by Crippen LogP contribution is -2.10. The van der Waals surface area contributed by atoms with Crippen molar-refractivity contribution in [3.05, 3.63) is 38.9 Å². The number of nitrogens with zero attached hydrogens (tertiary/aromatic N) is 1. The molecule has 0 amide bonds. The molecule has 0 radical (unpaired) electrons. The Labute approximate surface area is 97.1 Å². The van der Waals surface area contributed by atoms with Crippen LogP contribution >= 0.6 is 11.6 Å². The Morgan fingerprint density at radius 2 is 2.19 bits per heavy atom. The van der Waals surface area contributed by atoms with E-state index in [-0.39, 0.29) is 10.7 Å². The fraction of sp³-hybridized carbons (Fsp3) is 0.300. The summed E-state index contributed by atoms with van der Waals surface area (Å²) in [7, 11) is 1.27. The third kappa shape index (κ3) is 2.49. The number of esters is 1. The SMILES string of the molecule is COC(=O)[C@H](C)c1ccc(Cl)c([N+](=O)[O-])c1. The molecule has 0 saturated carbocycles. The standard InChI is InChI=1S/C10H10ClNO4/c1-6(10(13)16-2)7-3-4-8(11)9(5-7)12(14)15/h3-6H,1-2H3/t6-/m1/s1. The Balaban J connectivity index is 3.12. The molecular formula is C10H10ClNO4. The van der Waals surface area contributed by atoms with E-state index in [9.17, 15) is 14.9 Å². The first-order valence-electron chi connectivity index (χ1n) is 4.49. The maximum absolute atomic E-state index is 11.3. The second-order valence-electron chi connectivity index (χ2n) is 3.21. The van der Waals surface area contributed by atoms with Crippen LogP contribution in [0.25, 0.3) is 0 Å². The molecule has 6 heteroatoms. The van der Waals surface area contributed by atoms with Gasteiger partial charge in [0.05, 0.1) is 18.0 Å². The van der Waals surface area contributed by atoms with E-state index in [0.29, 0.717) is 5.56 Å². The molecule has 0 aromatic heterocycles. The van der Waals surface area contributed by atoms with Crippen LogP contribution in [0.4, 0.5) is 5.69 Å². The Morgan fingerprint density at radius 1 is 1.56 bits per heavy atom. The molecule has 1 aromatic carbocycles. The molecule has 0 aliphatic heterocycles. The van der Waals surface area contributed by atoms with Gasteiger partial charge in [0, 0.05) is 6.07 Å². The minimum Gasteiger partial charge on any atom is -0.469 e. The summed E-state index contributed by atoms with van der Waals surface area (Å²) in [4.78, 5) is 21.3. The smallest absolute Gasteiger partial charge is 0.312 e. The number of hydrogen-bond acceptors (Lipinski definition) is 4. The van der Waals surface area contributed by atoms with Gasteiger partial charge in [-0.2, -0.15) is 0 Å². The van der Waals surface area contributed by atoms with E-state index < -0.39 is 16.8 Å². The van der Waals surface area contributed by atoms with Crippen molar-refractivity contribution < 1.29 is 14.5 Å². The lowest BCUT2D eigenvalue weighted by atomic mass is 10.0. The van der Waals surface area contributed by atoms with Gasteiger partial charge in [0.1, 0.15) is 5.02 Å². The molecule has 1 aromatic rings. The third-order valence-electron chi connectivity index (χ3n) is 2.22. The van der Waals surface area contributed by atoms with E-state index in [0.717, 1.165) is 0 Å². The fourth-order valence-electron chi connectivity index (χ4n) is 1.25. The maximum atomic E-state index is 11.3. The van der Waals surface area contributed by atoms with Crippen LogP contribution < -0.4 is 0 Å². The molecule has 0 fully saturated rings. The van der Waals surface area contributed by atoms with Crippen molar-refractivity contribution in [1.82, 2.24) is 0 Å². The lowest BCUT2D eigenvalue weighted by Gasteiger charge is -2.09. The van der Waals surface area contributed by atoms with Crippen molar-refractivity contribution in [2.45, 2.75) is 12.8 Å². The van der Waals surface area contributed by atoms with Crippen LogP contribution in [-0.4, -0.2) is 18.0 Å². The summed E-state index contributed by atoms with van der Waals surface area (Å²) in [5.74, 6) is -1.00. The van der Waals surface area contributed by atoms with E-state index in [1.165, 1.54) is 19.2 Å². The Bertz CT molecular complexity index is 433. The average molecular weight is 244 g/mol. The largest absolute Gasteiger partial charge is 0.469 e. The number of benzene rings is 1. The summed E-state index contributed by atoms with van der Waals surface area (Å²) >= 11 is 5.65. The van der Waals surface area contributed by atoms with Gasteiger partial charge in [-0.05, 0) is 18.6 Å². The molecule has 1 atom stereocenters. The van der Waals surface area contributed by atoms with Gasteiger partial charge < -0.3 is 4.74 Å². The molecule has 0 spiro atoms. The maximum Gasteiger partial charge on any atom is 0.312 e. The molecule has 86 valence electrons. The average Bonchev–Trinajstić information content (AvgIpc) is 2.27. The number of hydrogen-bond donors (Lipinski definition) is 0. The van der Waals surface area contributed by atoms with Gasteiger partial charge in [0.15, 0.2) is 0 Å². The normalized spacial score (nSPS) is 11.9. The molecule has 5 nitrogen and oxygen atoms in total. The second kappa shape index (κ2) is 4.94. The molecule has 0 aliphatic rings. The third-order valence-corrected chi connectivity index (χ3v) is 2.54. The summed E-state index contributed by atoms with van der Waals surface area (Å²) in [6.07, 6.45) is 0. The van der Waals surface area contributed by atoms with Crippen LogP contribution in [-0.2, 0) is 9.53 Å². The van der Waals surface area contributed by atoms with Crippen molar-refractivity contribution in [1.29, 1.82) is 0 Å². The van der Waals surface area contributed by atoms with Crippen molar-refractivity contribution in [2.75, 3.05) is 7.11 Å². The number of carbonyl (C=O) groups excluding carboxylic acids is 1. The summed E-state index contributed by atoms with van der Waals surface area (Å²) in [6, 6.07) is 4.25. The highest BCUT2D eigenvalue weighted by atomic mass is 35.5. The molecule has 0 unspecified atom stereocenters. The van der Waals surface area contributed by atoms with Crippen LogP contribution in [0.15, 0.2) is 18.2 Å². The number of halogens is 1. The zero-order valence-electron chi connectivity index (χ0n) is 8.77. The summed E-state index contributed by atoms with van der Waals surface area (Å²) < 4.78 is 4.56. The van der Waals surface area contributed by atoms with Gasteiger partial charge in [-0.15, -0.1) is 0 Å². The first-order chi connectivity index (χ1) is 7.47. The zero-order chi connectivity index (χ0) is 12.3. The lowest BCUT2D eigenvalue weighted by molar-refractivity contribution is -0.384. The topological polar surface area (TPSA) is 69.4 Å². The van der Waals surface area contributed by atoms with Crippen molar-refractivity contribution in [3.63, 3.8) is 0 Å². The summed E-state index contributed by atoms with van der Waals surface area (Å²) in [6.45, 7) is 1.61. The molecule has 0 aliphatic carbocycles. The molecule has 16 heavy (non-hydrogen) atoms. The molecular weight excluding hydrogens is 234 g/mol. The van der Waals surface area contributed by atoms with Gasteiger partial charge in [-0.25, -0.2) is 0 Å².